The van der Waals surface area contributed by atoms with Gasteiger partial charge < -0.3 is 10.4 Å². The fourth-order valence-corrected chi connectivity index (χ4v) is 3.06. The van der Waals surface area contributed by atoms with Crippen molar-refractivity contribution in [2.24, 2.45) is 0 Å². The van der Waals surface area contributed by atoms with Crippen LogP contribution in [0.15, 0.2) is 34.1 Å². The van der Waals surface area contributed by atoms with Crippen molar-refractivity contribution in [1.29, 1.82) is 0 Å². The van der Waals surface area contributed by atoms with Gasteiger partial charge in [0.25, 0.3) is 5.91 Å². The smallest absolute Gasteiger partial charge is 0.255 e. The molecule has 0 bridgehead atoms. The average Bonchev–Trinajstić information content (AvgIpc) is 2.86. The molecule has 0 atom stereocenters. The molecule has 0 aliphatic carbocycles. The molecular weight excluding hydrogens is 326 g/mol. The maximum Gasteiger partial charge on any atom is 0.255 e. The summed E-state index contributed by atoms with van der Waals surface area (Å²) in [6, 6.07) is 6.88. The Morgan fingerprint density at radius 3 is 2.95 bits per heavy atom. The summed E-state index contributed by atoms with van der Waals surface area (Å²) in [6.07, 6.45) is 0.955. The Balaban J connectivity index is 2.07. The third-order valence-electron chi connectivity index (χ3n) is 2.83. The van der Waals surface area contributed by atoms with E-state index >= 15 is 0 Å². The zero-order chi connectivity index (χ0) is 13.8. The molecule has 100 valence electrons. The Morgan fingerprint density at radius 1 is 1.42 bits per heavy atom. The molecule has 5 heteroatoms. The van der Waals surface area contributed by atoms with Crippen molar-refractivity contribution in [2.45, 2.75) is 19.9 Å². The molecule has 3 nitrogen and oxygen atoms in total. The van der Waals surface area contributed by atoms with Crippen molar-refractivity contribution in [3.8, 4) is 5.75 Å². The van der Waals surface area contributed by atoms with Gasteiger partial charge in [-0.05, 0) is 41.6 Å². The van der Waals surface area contributed by atoms with E-state index in [1.807, 2.05) is 5.38 Å². The molecule has 0 saturated carbocycles. The zero-order valence-corrected chi connectivity index (χ0v) is 12.8. The molecule has 1 heterocycles. The van der Waals surface area contributed by atoms with E-state index in [2.05, 4.69) is 34.2 Å². The van der Waals surface area contributed by atoms with Gasteiger partial charge in [-0.1, -0.05) is 22.9 Å². The average molecular weight is 340 g/mol. The van der Waals surface area contributed by atoms with Crippen LogP contribution in [0.1, 0.15) is 27.7 Å². The van der Waals surface area contributed by atoms with Crippen LogP contribution in [-0.2, 0) is 13.0 Å². The number of hydrogen-bond donors (Lipinski definition) is 2. The minimum atomic E-state index is -0.269. The number of benzene rings is 1. The lowest BCUT2D eigenvalue weighted by atomic mass is 10.2. The minimum Gasteiger partial charge on any atom is -0.507 e. The highest BCUT2D eigenvalue weighted by Gasteiger charge is 2.12. The van der Waals surface area contributed by atoms with E-state index < -0.39 is 0 Å². The molecule has 1 aromatic carbocycles. The van der Waals surface area contributed by atoms with Gasteiger partial charge in [0.05, 0.1) is 12.1 Å². The third-order valence-corrected chi connectivity index (χ3v) is 4.29. The van der Waals surface area contributed by atoms with Crippen LogP contribution < -0.4 is 5.32 Å². The first kappa shape index (κ1) is 14.1. The molecule has 0 radical (unpaired) electrons. The lowest BCUT2D eigenvalue weighted by molar-refractivity contribution is 0.0948. The van der Waals surface area contributed by atoms with Gasteiger partial charge in [0.2, 0.25) is 0 Å². The van der Waals surface area contributed by atoms with Crippen molar-refractivity contribution in [1.82, 2.24) is 5.32 Å². The highest BCUT2D eigenvalue weighted by molar-refractivity contribution is 9.10. The number of nitrogens with one attached hydrogen (secondary N) is 1. The summed E-state index contributed by atoms with van der Waals surface area (Å²) < 4.78 is 0.765. The predicted molar refractivity (Wildman–Crippen MR) is 80.7 cm³/mol. The van der Waals surface area contributed by atoms with E-state index in [4.69, 9.17) is 0 Å². The van der Waals surface area contributed by atoms with Crippen molar-refractivity contribution >= 4 is 33.2 Å². The summed E-state index contributed by atoms with van der Waals surface area (Å²) in [6.45, 7) is 2.58. The van der Waals surface area contributed by atoms with E-state index in [1.54, 1.807) is 23.5 Å². The molecule has 0 unspecified atom stereocenters. The summed E-state index contributed by atoms with van der Waals surface area (Å²) in [5.74, 6) is -0.281. The molecule has 2 aromatic rings. The number of carbonyl (C=O) groups excluding carboxylic acids is 1. The molecule has 2 N–H and O–H groups in total. The molecule has 19 heavy (non-hydrogen) atoms. The Kier molecular flexibility index (Phi) is 4.61. The summed E-state index contributed by atoms with van der Waals surface area (Å²) in [4.78, 5) is 13.2. The van der Waals surface area contributed by atoms with Crippen LogP contribution in [0, 0.1) is 0 Å². The standard InChI is InChI=1S/C14H14BrNO2S/c1-2-9-5-6-19-13(9)8-16-14(18)11-7-10(15)3-4-12(11)17/h3-7,17H,2,8H2,1H3,(H,16,18). The maximum atomic E-state index is 12.0. The van der Waals surface area contributed by atoms with E-state index in [0.717, 1.165) is 15.8 Å². The number of amides is 1. The number of aromatic hydroxyl groups is 1. The lowest BCUT2D eigenvalue weighted by Crippen LogP contribution is -2.22. The van der Waals surface area contributed by atoms with Gasteiger partial charge in [0.1, 0.15) is 5.75 Å². The Labute approximate surface area is 124 Å². The topological polar surface area (TPSA) is 49.3 Å². The van der Waals surface area contributed by atoms with Gasteiger partial charge in [-0.25, -0.2) is 0 Å². The van der Waals surface area contributed by atoms with Gasteiger partial charge >= 0.3 is 0 Å². The van der Waals surface area contributed by atoms with Gasteiger partial charge in [-0.2, -0.15) is 0 Å². The van der Waals surface area contributed by atoms with E-state index in [9.17, 15) is 9.90 Å². The van der Waals surface area contributed by atoms with Gasteiger partial charge in [-0.15, -0.1) is 11.3 Å². The van der Waals surface area contributed by atoms with Crippen molar-refractivity contribution in [3.63, 3.8) is 0 Å². The fourth-order valence-electron chi connectivity index (χ4n) is 1.78. The molecule has 0 saturated heterocycles. The van der Waals surface area contributed by atoms with Crippen LogP contribution in [0.2, 0.25) is 0 Å². The Bertz CT molecular complexity index is 595. The lowest BCUT2D eigenvalue weighted by Gasteiger charge is -2.07. The van der Waals surface area contributed by atoms with Crippen molar-refractivity contribution in [3.05, 3.63) is 50.1 Å². The SMILES string of the molecule is CCc1ccsc1CNC(=O)c1cc(Br)ccc1O. The predicted octanol–water partition coefficient (Wildman–Crippen LogP) is 3.71. The summed E-state index contributed by atoms with van der Waals surface area (Å²) in [5, 5.41) is 14.5. The van der Waals surface area contributed by atoms with Crippen LogP contribution in [0.5, 0.6) is 5.75 Å². The van der Waals surface area contributed by atoms with Crippen LogP contribution in [0.3, 0.4) is 0 Å². The Morgan fingerprint density at radius 2 is 2.21 bits per heavy atom. The number of hydrogen-bond acceptors (Lipinski definition) is 3. The first-order chi connectivity index (χ1) is 9.11. The van der Waals surface area contributed by atoms with E-state index in [1.165, 1.54) is 11.6 Å². The number of phenolic OH excluding ortho intramolecular Hbond substituents is 1. The number of rotatable bonds is 4. The monoisotopic (exact) mass is 339 g/mol. The molecular formula is C14H14BrNO2S. The van der Waals surface area contributed by atoms with Crippen LogP contribution in [-0.4, -0.2) is 11.0 Å². The van der Waals surface area contributed by atoms with E-state index in [-0.39, 0.29) is 17.2 Å². The number of carbonyl (C=O) groups is 1. The van der Waals surface area contributed by atoms with Gasteiger partial charge in [0, 0.05) is 9.35 Å². The second-order valence-corrected chi connectivity index (χ2v) is 5.98. The molecule has 1 amide bonds. The molecule has 0 aliphatic rings. The Hall–Kier alpha value is -1.33. The molecule has 0 spiro atoms. The normalized spacial score (nSPS) is 10.4. The summed E-state index contributed by atoms with van der Waals surface area (Å²) in [5.41, 5.74) is 1.53. The quantitative estimate of drug-likeness (QED) is 0.891. The van der Waals surface area contributed by atoms with Gasteiger partial charge in [0.15, 0.2) is 0 Å². The second kappa shape index (κ2) is 6.21. The van der Waals surface area contributed by atoms with E-state index in [0.29, 0.717) is 6.54 Å². The van der Waals surface area contributed by atoms with Crippen LogP contribution >= 0.6 is 27.3 Å². The number of thiophene rings is 1. The number of halogens is 1. The highest BCUT2D eigenvalue weighted by Crippen LogP contribution is 2.22. The van der Waals surface area contributed by atoms with Gasteiger partial charge in [-0.3, -0.25) is 4.79 Å². The van der Waals surface area contributed by atoms with Crippen molar-refractivity contribution < 1.29 is 9.90 Å². The minimum absolute atomic E-state index is 0.0115. The number of aryl methyl sites for hydroxylation is 1. The second-order valence-electron chi connectivity index (χ2n) is 4.07. The number of phenols is 1. The first-order valence-electron chi connectivity index (χ1n) is 5.93. The van der Waals surface area contributed by atoms with Crippen molar-refractivity contribution in [2.75, 3.05) is 0 Å². The molecule has 2 rings (SSSR count). The zero-order valence-electron chi connectivity index (χ0n) is 10.4. The summed E-state index contributed by atoms with van der Waals surface area (Å²) >= 11 is 4.92. The fraction of sp³-hybridized carbons (Fsp3) is 0.214. The van der Waals surface area contributed by atoms with Crippen LogP contribution in [0.4, 0.5) is 0 Å². The largest absolute Gasteiger partial charge is 0.507 e. The third kappa shape index (κ3) is 3.36. The molecule has 1 aromatic heterocycles. The summed E-state index contributed by atoms with van der Waals surface area (Å²) in [7, 11) is 0. The maximum absolute atomic E-state index is 12.0. The molecule has 0 aliphatic heterocycles. The first-order valence-corrected chi connectivity index (χ1v) is 7.61. The molecule has 0 fully saturated rings. The highest BCUT2D eigenvalue weighted by atomic mass is 79.9. The van der Waals surface area contributed by atoms with Crippen LogP contribution in [0.25, 0.3) is 0 Å².